The Labute approximate surface area is 207 Å². The van der Waals surface area contributed by atoms with Gasteiger partial charge in [0.05, 0.1) is 6.61 Å². The number of hydrogen-bond acceptors (Lipinski definition) is 8. The van der Waals surface area contributed by atoms with Crippen LogP contribution in [0.3, 0.4) is 0 Å². The summed E-state index contributed by atoms with van der Waals surface area (Å²) < 4.78 is 7.52. The predicted molar refractivity (Wildman–Crippen MR) is 133 cm³/mol. The molecule has 0 bridgehead atoms. The summed E-state index contributed by atoms with van der Waals surface area (Å²) >= 11 is 0. The molecular formula is C25H26N8O3. The van der Waals surface area contributed by atoms with Crippen LogP contribution in [0.5, 0.6) is 5.75 Å². The lowest BCUT2D eigenvalue weighted by Gasteiger charge is -2.38. The van der Waals surface area contributed by atoms with Crippen LogP contribution in [0.15, 0.2) is 49.1 Å². The highest BCUT2D eigenvalue weighted by Crippen LogP contribution is 2.29. The third-order valence-corrected chi connectivity index (χ3v) is 6.87. The van der Waals surface area contributed by atoms with Crippen molar-refractivity contribution in [1.29, 1.82) is 0 Å². The van der Waals surface area contributed by atoms with Gasteiger partial charge >= 0.3 is 6.09 Å². The molecule has 5 heterocycles. The highest BCUT2D eigenvalue weighted by Gasteiger charge is 2.27. The number of piperazine rings is 1. The summed E-state index contributed by atoms with van der Waals surface area (Å²) in [5.41, 5.74) is 4.83. The lowest BCUT2D eigenvalue weighted by Crippen LogP contribution is -2.53. The Morgan fingerprint density at radius 2 is 2.11 bits per heavy atom. The van der Waals surface area contributed by atoms with Crippen LogP contribution < -0.4 is 15.0 Å². The van der Waals surface area contributed by atoms with Gasteiger partial charge in [-0.25, -0.2) is 14.8 Å². The van der Waals surface area contributed by atoms with Gasteiger partial charge in [0.1, 0.15) is 17.9 Å². The first kappa shape index (κ1) is 22.1. The molecule has 1 atom stereocenters. The van der Waals surface area contributed by atoms with E-state index in [1.54, 1.807) is 18.7 Å². The number of nitrogens with one attached hydrogen (secondary N) is 1. The van der Waals surface area contributed by atoms with E-state index < -0.39 is 6.09 Å². The van der Waals surface area contributed by atoms with Crippen molar-refractivity contribution in [2.24, 2.45) is 0 Å². The number of anilines is 2. The second-order valence-electron chi connectivity index (χ2n) is 9.04. The van der Waals surface area contributed by atoms with E-state index in [-0.39, 0.29) is 6.04 Å². The van der Waals surface area contributed by atoms with Gasteiger partial charge in [0.15, 0.2) is 5.65 Å². The first-order valence-electron chi connectivity index (χ1n) is 12.0. The Balaban J connectivity index is 1.21. The second-order valence-corrected chi connectivity index (χ2v) is 9.04. The van der Waals surface area contributed by atoms with Crippen LogP contribution in [0, 0.1) is 0 Å². The molecule has 1 aromatic carbocycles. The fourth-order valence-corrected chi connectivity index (χ4v) is 4.97. The Morgan fingerprint density at radius 3 is 2.92 bits per heavy atom. The highest BCUT2D eigenvalue weighted by atomic mass is 16.5. The maximum Gasteiger partial charge on any atom is 0.407 e. The van der Waals surface area contributed by atoms with Gasteiger partial charge in [0.2, 0.25) is 5.95 Å². The summed E-state index contributed by atoms with van der Waals surface area (Å²) in [5, 5.41) is 21.2. The topological polar surface area (TPSA) is 121 Å². The Morgan fingerprint density at radius 1 is 1.19 bits per heavy atom. The normalized spacial score (nSPS) is 17.2. The number of rotatable bonds is 5. The quantitative estimate of drug-likeness (QED) is 0.438. The van der Waals surface area contributed by atoms with Gasteiger partial charge < -0.3 is 25.0 Å². The van der Waals surface area contributed by atoms with Gasteiger partial charge in [-0.1, -0.05) is 12.1 Å². The molecule has 6 rings (SSSR count). The fraction of sp³-hybridized carbons (Fsp3) is 0.320. The molecule has 0 spiro atoms. The number of amides is 1. The average molecular weight is 487 g/mol. The SMILES string of the molecule is CC1CN(c2ccc(-c3cnc(NCc4cccc5c4CCO5)n4cnnc34)cn2)CCN1C(=O)O. The minimum absolute atomic E-state index is 0.0953. The second kappa shape index (κ2) is 8.99. The zero-order valence-electron chi connectivity index (χ0n) is 19.8. The third-order valence-electron chi connectivity index (χ3n) is 6.87. The molecule has 11 nitrogen and oxygen atoms in total. The lowest BCUT2D eigenvalue weighted by atomic mass is 10.1. The Kier molecular flexibility index (Phi) is 5.51. The van der Waals surface area contributed by atoms with Gasteiger partial charge in [-0.3, -0.25) is 4.40 Å². The van der Waals surface area contributed by atoms with Crippen LogP contribution in [0.2, 0.25) is 0 Å². The molecule has 0 aliphatic carbocycles. The van der Waals surface area contributed by atoms with E-state index in [0.29, 0.717) is 37.8 Å². The summed E-state index contributed by atoms with van der Waals surface area (Å²) in [7, 11) is 0. The molecule has 0 radical (unpaired) electrons. The molecule has 184 valence electrons. The molecule has 36 heavy (non-hydrogen) atoms. The Hall–Kier alpha value is -4.41. The molecule has 2 aliphatic heterocycles. The summed E-state index contributed by atoms with van der Waals surface area (Å²) in [5.74, 6) is 2.44. The minimum atomic E-state index is -0.880. The van der Waals surface area contributed by atoms with E-state index in [1.165, 1.54) is 16.0 Å². The van der Waals surface area contributed by atoms with E-state index >= 15 is 0 Å². The van der Waals surface area contributed by atoms with Crippen molar-refractivity contribution in [1.82, 2.24) is 29.5 Å². The molecule has 1 amide bonds. The number of carbonyl (C=O) groups is 1. The standard InChI is InChI=1S/C25H26N8O3/c1-16-14-31(8-9-32(16)25(34)35)22-6-5-18(11-26-22)20-13-28-24(33-15-29-30-23(20)33)27-12-17-3-2-4-21-19(17)7-10-36-21/h2-6,11,13,15-16H,7-10,12,14H2,1H3,(H,27,28)(H,34,35). The zero-order valence-corrected chi connectivity index (χ0v) is 19.8. The van der Waals surface area contributed by atoms with Crippen molar-refractivity contribution in [3.63, 3.8) is 0 Å². The van der Waals surface area contributed by atoms with E-state index in [4.69, 9.17) is 4.74 Å². The van der Waals surface area contributed by atoms with Crippen molar-refractivity contribution in [2.45, 2.75) is 25.9 Å². The largest absolute Gasteiger partial charge is 0.493 e. The summed E-state index contributed by atoms with van der Waals surface area (Å²) in [6.07, 6.45) is 5.27. The van der Waals surface area contributed by atoms with Gasteiger partial charge in [-0.2, -0.15) is 0 Å². The van der Waals surface area contributed by atoms with Crippen molar-refractivity contribution in [3.05, 3.63) is 60.2 Å². The van der Waals surface area contributed by atoms with Crippen LogP contribution in [0.1, 0.15) is 18.1 Å². The monoisotopic (exact) mass is 486 g/mol. The van der Waals surface area contributed by atoms with Crippen molar-refractivity contribution in [2.75, 3.05) is 36.5 Å². The van der Waals surface area contributed by atoms with Gasteiger partial charge in [-0.15, -0.1) is 10.2 Å². The van der Waals surface area contributed by atoms with Gasteiger partial charge in [0, 0.05) is 67.7 Å². The number of nitrogens with zero attached hydrogens (tertiary/aromatic N) is 7. The number of aromatic nitrogens is 5. The number of hydrogen-bond donors (Lipinski definition) is 2. The molecule has 1 saturated heterocycles. The van der Waals surface area contributed by atoms with E-state index in [1.807, 2.05) is 35.6 Å². The van der Waals surface area contributed by atoms with Gasteiger partial charge in [0.25, 0.3) is 0 Å². The number of ether oxygens (including phenoxy) is 1. The number of fused-ring (bicyclic) bond motifs is 2. The van der Waals surface area contributed by atoms with Crippen LogP contribution in [0.25, 0.3) is 16.8 Å². The van der Waals surface area contributed by atoms with Crippen LogP contribution in [-0.4, -0.2) is 72.9 Å². The number of pyridine rings is 1. The summed E-state index contributed by atoms with van der Waals surface area (Å²) in [6.45, 7) is 4.92. The first-order valence-corrected chi connectivity index (χ1v) is 12.0. The molecule has 4 aromatic rings. The smallest absolute Gasteiger partial charge is 0.407 e. The van der Waals surface area contributed by atoms with Crippen molar-refractivity contribution < 1.29 is 14.6 Å². The number of benzene rings is 1. The van der Waals surface area contributed by atoms with Crippen LogP contribution in [0.4, 0.5) is 16.6 Å². The third kappa shape index (κ3) is 3.92. The van der Waals surface area contributed by atoms with Crippen LogP contribution in [-0.2, 0) is 13.0 Å². The minimum Gasteiger partial charge on any atom is -0.493 e. The molecule has 11 heteroatoms. The van der Waals surface area contributed by atoms with Crippen molar-refractivity contribution in [3.8, 4) is 16.9 Å². The molecule has 2 N–H and O–H groups in total. The molecule has 1 unspecified atom stereocenters. The first-order chi connectivity index (χ1) is 17.6. The van der Waals surface area contributed by atoms with E-state index in [2.05, 4.69) is 36.4 Å². The van der Waals surface area contributed by atoms with Crippen LogP contribution >= 0.6 is 0 Å². The van der Waals surface area contributed by atoms with E-state index in [9.17, 15) is 9.90 Å². The summed E-state index contributed by atoms with van der Waals surface area (Å²) in [6, 6.07) is 9.97. The maximum absolute atomic E-state index is 11.3. The Bertz CT molecular complexity index is 1420. The lowest BCUT2D eigenvalue weighted by molar-refractivity contribution is 0.122. The molecule has 0 saturated carbocycles. The maximum atomic E-state index is 11.3. The fourth-order valence-electron chi connectivity index (χ4n) is 4.97. The van der Waals surface area contributed by atoms with E-state index in [0.717, 1.165) is 35.7 Å². The number of carboxylic acid groups (broad SMARTS) is 1. The molecule has 2 aliphatic rings. The molecule has 1 fully saturated rings. The van der Waals surface area contributed by atoms with Crippen molar-refractivity contribution >= 4 is 23.5 Å². The zero-order chi connectivity index (χ0) is 24.6. The average Bonchev–Trinajstić information content (AvgIpc) is 3.57. The molecule has 3 aromatic heterocycles. The summed E-state index contributed by atoms with van der Waals surface area (Å²) in [4.78, 5) is 24.2. The highest BCUT2D eigenvalue weighted by molar-refractivity contribution is 5.77. The molecular weight excluding hydrogens is 460 g/mol. The van der Waals surface area contributed by atoms with Gasteiger partial charge in [-0.05, 0) is 30.7 Å². The predicted octanol–water partition coefficient (Wildman–Crippen LogP) is 2.92.